The van der Waals surface area contributed by atoms with E-state index >= 15 is 0 Å². The summed E-state index contributed by atoms with van der Waals surface area (Å²) in [7, 11) is 0. The van der Waals surface area contributed by atoms with E-state index in [2.05, 4.69) is 5.32 Å². The molecule has 0 saturated heterocycles. The molecule has 7 nitrogen and oxygen atoms in total. The summed E-state index contributed by atoms with van der Waals surface area (Å²) in [4.78, 5) is 37.7. The van der Waals surface area contributed by atoms with Crippen LogP contribution in [0.25, 0.3) is 0 Å². The summed E-state index contributed by atoms with van der Waals surface area (Å²) in [5, 5.41) is 11.5. The number of ether oxygens (including phenoxy) is 1. The maximum absolute atomic E-state index is 12.4. The van der Waals surface area contributed by atoms with Gasteiger partial charge in [0.1, 0.15) is 6.54 Å². The molecule has 0 heterocycles. The minimum absolute atomic E-state index is 0.220. The largest absolute Gasteiger partial charge is 0.462 e. The lowest BCUT2D eigenvalue weighted by atomic mass is 10.1. The van der Waals surface area contributed by atoms with Crippen LogP contribution in [0.4, 0.5) is 11.4 Å². The van der Waals surface area contributed by atoms with Crippen LogP contribution in [0.1, 0.15) is 29.8 Å². The van der Waals surface area contributed by atoms with Crippen LogP contribution in [0.15, 0.2) is 48.5 Å². The molecule has 7 heteroatoms. The highest BCUT2D eigenvalue weighted by Gasteiger charge is 2.18. The Bertz CT molecular complexity index is 885. The van der Waals surface area contributed by atoms with Crippen molar-refractivity contribution in [3.63, 3.8) is 0 Å². The molecule has 0 atom stereocenters. The number of amides is 2. The zero-order valence-corrected chi connectivity index (χ0v) is 15.1. The fourth-order valence-corrected chi connectivity index (χ4v) is 2.41. The van der Waals surface area contributed by atoms with Gasteiger partial charge in [0.25, 0.3) is 0 Å². The van der Waals surface area contributed by atoms with E-state index in [1.165, 1.54) is 11.8 Å². The van der Waals surface area contributed by atoms with Crippen LogP contribution in [0.5, 0.6) is 0 Å². The van der Waals surface area contributed by atoms with Crippen molar-refractivity contribution >= 4 is 29.2 Å². The Morgan fingerprint density at radius 3 is 2.37 bits per heavy atom. The first-order chi connectivity index (χ1) is 13.0. The number of rotatable bonds is 6. The number of nitriles is 1. The average molecular weight is 365 g/mol. The van der Waals surface area contributed by atoms with Crippen LogP contribution < -0.4 is 10.2 Å². The topological polar surface area (TPSA) is 99.5 Å². The second-order valence-corrected chi connectivity index (χ2v) is 5.58. The third-order valence-electron chi connectivity index (χ3n) is 3.69. The van der Waals surface area contributed by atoms with Gasteiger partial charge >= 0.3 is 5.97 Å². The lowest BCUT2D eigenvalue weighted by molar-refractivity contribution is -0.120. The van der Waals surface area contributed by atoms with E-state index in [0.717, 1.165) is 0 Å². The normalized spacial score (nSPS) is 9.81. The zero-order valence-electron chi connectivity index (χ0n) is 15.1. The fraction of sp³-hybridized carbons (Fsp3) is 0.200. The number of hydrogen-bond acceptors (Lipinski definition) is 5. The second-order valence-electron chi connectivity index (χ2n) is 5.58. The van der Waals surface area contributed by atoms with Crippen LogP contribution in [-0.2, 0) is 14.3 Å². The number of esters is 1. The van der Waals surface area contributed by atoms with Crippen LogP contribution in [0, 0.1) is 11.3 Å². The SMILES string of the molecule is CCOC(=O)c1ccccc1NC(=O)CN(C(C)=O)c1ccc(C#N)cc1. The molecule has 0 fully saturated rings. The van der Waals surface area contributed by atoms with Crippen molar-refractivity contribution in [2.24, 2.45) is 0 Å². The molecule has 2 rings (SSSR count). The van der Waals surface area contributed by atoms with Crippen LogP contribution in [0.2, 0.25) is 0 Å². The van der Waals surface area contributed by atoms with E-state index < -0.39 is 11.9 Å². The second kappa shape index (κ2) is 9.15. The highest BCUT2D eigenvalue weighted by Crippen LogP contribution is 2.18. The quantitative estimate of drug-likeness (QED) is 0.794. The highest BCUT2D eigenvalue weighted by atomic mass is 16.5. The van der Waals surface area contributed by atoms with Gasteiger partial charge in [-0.2, -0.15) is 5.26 Å². The number of hydrogen-bond donors (Lipinski definition) is 1. The molecule has 0 aliphatic carbocycles. The van der Waals surface area contributed by atoms with Gasteiger partial charge < -0.3 is 15.0 Å². The van der Waals surface area contributed by atoms with Gasteiger partial charge in [0.2, 0.25) is 11.8 Å². The molecule has 27 heavy (non-hydrogen) atoms. The Morgan fingerprint density at radius 2 is 1.78 bits per heavy atom. The van der Waals surface area contributed by atoms with Crippen LogP contribution in [-0.4, -0.2) is 30.9 Å². The van der Waals surface area contributed by atoms with E-state index in [-0.39, 0.29) is 24.6 Å². The minimum atomic E-state index is -0.538. The average Bonchev–Trinajstić information content (AvgIpc) is 2.66. The maximum atomic E-state index is 12.4. The summed E-state index contributed by atoms with van der Waals surface area (Å²) < 4.78 is 4.98. The first-order valence-corrected chi connectivity index (χ1v) is 8.30. The molecule has 0 aliphatic rings. The van der Waals surface area contributed by atoms with Crippen molar-refractivity contribution in [3.05, 3.63) is 59.7 Å². The number of nitrogens with zero attached hydrogens (tertiary/aromatic N) is 2. The minimum Gasteiger partial charge on any atom is -0.462 e. The summed E-state index contributed by atoms with van der Waals surface area (Å²) in [5.41, 5.74) is 1.50. The highest BCUT2D eigenvalue weighted by molar-refractivity contribution is 6.05. The molecule has 1 N–H and O–H groups in total. The first-order valence-electron chi connectivity index (χ1n) is 8.30. The number of nitrogens with one attached hydrogen (secondary N) is 1. The molecule has 138 valence electrons. The molecule has 2 aromatic carbocycles. The van der Waals surface area contributed by atoms with Gasteiger partial charge in [-0.1, -0.05) is 12.1 Å². The third-order valence-corrected chi connectivity index (χ3v) is 3.69. The molecule has 0 spiro atoms. The molecule has 0 bridgehead atoms. The van der Waals surface area contributed by atoms with Gasteiger partial charge in [-0.25, -0.2) is 4.79 Å². The summed E-state index contributed by atoms with van der Waals surface area (Å²) in [5.74, 6) is -1.33. The molecule has 0 unspecified atom stereocenters. The van der Waals surface area contributed by atoms with Gasteiger partial charge in [0.15, 0.2) is 0 Å². The molecular weight excluding hydrogens is 346 g/mol. The molecule has 0 saturated carbocycles. The van der Waals surface area contributed by atoms with Crippen molar-refractivity contribution in [1.29, 1.82) is 5.26 Å². The van der Waals surface area contributed by atoms with Crippen molar-refractivity contribution in [3.8, 4) is 6.07 Å². The molecule has 0 aliphatic heterocycles. The lowest BCUT2D eigenvalue weighted by Crippen LogP contribution is -2.36. The van der Waals surface area contributed by atoms with Crippen molar-refractivity contribution in [1.82, 2.24) is 0 Å². The van der Waals surface area contributed by atoms with E-state index in [0.29, 0.717) is 16.9 Å². The van der Waals surface area contributed by atoms with E-state index in [4.69, 9.17) is 10.00 Å². The van der Waals surface area contributed by atoms with E-state index in [9.17, 15) is 14.4 Å². The van der Waals surface area contributed by atoms with Gasteiger partial charge in [-0.05, 0) is 43.3 Å². The number of benzene rings is 2. The Morgan fingerprint density at radius 1 is 1.11 bits per heavy atom. The van der Waals surface area contributed by atoms with Gasteiger partial charge in [-0.3, -0.25) is 9.59 Å². The maximum Gasteiger partial charge on any atom is 0.340 e. The summed E-state index contributed by atoms with van der Waals surface area (Å²) in [6, 6.07) is 14.8. The summed E-state index contributed by atoms with van der Waals surface area (Å²) in [6.07, 6.45) is 0. The van der Waals surface area contributed by atoms with Gasteiger partial charge in [-0.15, -0.1) is 0 Å². The van der Waals surface area contributed by atoms with Crippen molar-refractivity contribution in [2.45, 2.75) is 13.8 Å². The molecule has 0 aromatic heterocycles. The standard InChI is InChI=1S/C20H19N3O4/c1-3-27-20(26)17-6-4-5-7-18(17)22-19(25)13-23(14(2)24)16-10-8-15(12-21)9-11-16/h4-11H,3,13H2,1-2H3,(H,22,25). The predicted octanol–water partition coefficient (Wildman–Crippen LogP) is 2.73. The molecule has 2 aromatic rings. The third kappa shape index (κ3) is 5.16. The van der Waals surface area contributed by atoms with Crippen molar-refractivity contribution in [2.75, 3.05) is 23.4 Å². The van der Waals surface area contributed by atoms with Crippen LogP contribution >= 0.6 is 0 Å². The number of anilines is 2. The molecule has 0 radical (unpaired) electrons. The molecular formula is C20H19N3O4. The van der Waals surface area contributed by atoms with Gasteiger partial charge in [0.05, 0.1) is 29.5 Å². The molecule has 2 amide bonds. The Labute approximate surface area is 157 Å². The van der Waals surface area contributed by atoms with E-state index in [1.54, 1.807) is 55.5 Å². The number of carbonyl (C=O) groups is 3. The van der Waals surface area contributed by atoms with Gasteiger partial charge in [0, 0.05) is 12.6 Å². The fourth-order valence-electron chi connectivity index (χ4n) is 2.41. The zero-order chi connectivity index (χ0) is 19.8. The van der Waals surface area contributed by atoms with E-state index in [1.807, 2.05) is 6.07 Å². The number of carbonyl (C=O) groups excluding carboxylic acids is 3. The Kier molecular flexibility index (Phi) is 6.67. The van der Waals surface area contributed by atoms with Crippen LogP contribution in [0.3, 0.4) is 0 Å². The monoisotopic (exact) mass is 365 g/mol. The first kappa shape index (κ1) is 19.7. The Hall–Kier alpha value is -3.66. The summed E-state index contributed by atoms with van der Waals surface area (Å²) >= 11 is 0. The number of para-hydroxylation sites is 1. The Balaban J connectivity index is 2.16. The summed E-state index contributed by atoms with van der Waals surface area (Å²) in [6.45, 7) is 3.02. The smallest absolute Gasteiger partial charge is 0.340 e. The predicted molar refractivity (Wildman–Crippen MR) is 100 cm³/mol. The lowest BCUT2D eigenvalue weighted by Gasteiger charge is -2.21. The van der Waals surface area contributed by atoms with Crippen molar-refractivity contribution < 1.29 is 19.1 Å².